The van der Waals surface area contributed by atoms with Crippen molar-refractivity contribution in [1.82, 2.24) is 24.3 Å². The Balaban J connectivity index is 2.22. The van der Waals surface area contributed by atoms with Crippen LogP contribution in [0.15, 0.2) is 34.1 Å². The zero-order valence-corrected chi connectivity index (χ0v) is 14.1. The number of aromatic nitrogens is 5. The molecule has 126 valence electrons. The molecule has 3 aromatic rings. The van der Waals surface area contributed by atoms with Gasteiger partial charge in [-0.25, -0.2) is 4.79 Å². The van der Waals surface area contributed by atoms with E-state index in [0.29, 0.717) is 23.4 Å². The predicted molar refractivity (Wildman–Crippen MR) is 92.6 cm³/mol. The maximum atomic E-state index is 12.6. The largest absolute Gasteiger partial charge is 0.338 e. The van der Waals surface area contributed by atoms with Crippen molar-refractivity contribution in [3.05, 3.63) is 45.4 Å². The monoisotopic (exact) mass is 328 g/mol. The summed E-state index contributed by atoms with van der Waals surface area (Å²) in [7, 11) is 1.48. The Hall–Kier alpha value is -2.90. The van der Waals surface area contributed by atoms with Gasteiger partial charge >= 0.3 is 5.69 Å². The number of hydrogen-bond acceptors (Lipinski definition) is 5. The standard InChI is InChI=1S/C16H20N6O2/c1-16(2,3)9-22-13-11(14(23)21(4)15(22)24)12(19-20-13)18-10-5-7-17-8-6-10/h5-8H,9H2,1-4H3,(H2,17,18,19,20). The lowest BCUT2D eigenvalue weighted by Gasteiger charge is -2.20. The minimum atomic E-state index is -0.384. The molecule has 8 heteroatoms. The summed E-state index contributed by atoms with van der Waals surface area (Å²) >= 11 is 0. The van der Waals surface area contributed by atoms with E-state index >= 15 is 0 Å². The van der Waals surface area contributed by atoms with E-state index < -0.39 is 0 Å². The summed E-state index contributed by atoms with van der Waals surface area (Å²) in [5.74, 6) is 0.388. The number of nitrogens with zero attached hydrogens (tertiary/aromatic N) is 4. The molecule has 3 aromatic heterocycles. The Labute approximate surface area is 138 Å². The van der Waals surface area contributed by atoms with E-state index in [1.165, 1.54) is 7.05 Å². The molecule has 0 aliphatic rings. The summed E-state index contributed by atoms with van der Waals surface area (Å²) in [5.41, 5.74) is 0.313. The van der Waals surface area contributed by atoms with Crippen molar-refractivity contribution >= 4 is 22.5 Å². The SMILES string of the molecule is Cn1c(=O)c2c(Nc3ccncc3)n[nH]c2n(CC(C)(C)C)c1=O. The van der Waals surface area contributed by atoms with Crippen LogP contribution in [0.3, 0.4) is 0 Å². The molecule has 0 aliphatic carbocycles. The number of anilines is 2. The van der Waals surface area contributed by atoms with E-state index in [4.69, 9.17) is 0 Å². The molecule has 0 atom stereocenters. The highest BCUT2D eigenvalue weighted by atomic mass is 16.2. The first-order chi connectivity index (χ1) is 11.3. The predicted octanol–water partition coefficient (Wildman–Crippen LogP) is 1.61. The molecule has 0 aromatic carbocycles. The minimum Gasteiger partial charge on any atom is -0.338 e. The minimum absolute atomic E-state index is 0.127. The van der Waals surface area contributed by atoms with Crippen molar-refractivity contribution < 1.29 is 0 Å². The highest BCUT2D eigenvalue weighted by Crippen LogP contribution is 2.22. The third kappa shape index (κ3) is 2.82. The maximum absolute atomic E-state index is 12.6. The summed E-state index contributed by atoms with van der Waals surface area (Å²) in [5, 5.41) is 10.5. The van der Waals surface area contributed by atoms with E-state index in [-0.39, 0.29) is 16.7 Å². The smallest absolute Gasteiger partial charge is 0.332 e. The van der Waals surface area contributed by atoms with E-state index in [1.807, 2.05) is 20.8 Å². The third-order valence-electron chi connectivity index (χ3n) is 3.63. The van der Waals surface area contributed by atoms with Gasteiger partial charge in [0.25, 0.3) is 5.56 Å². The van der Waals surface area contributed by atoms with Gasteiger partial charge in [-0.3, -0.25) is 24.0 Å². The van der Waals surface area contributed by atoms with Crippen LogP contribution >= 0.6 is 0 Å². The molecule has 0 bridgehead atoms. The lowest BCUT2D eigenvalue weighted by molar-refractivity contribution is 0.337. The molecule has 0 aliphatic heterocycles. The second-order valence-corrected chi connectivity index (χ2v) is 6.95. The lowest BCUT2D eigenvalue weighted by atomic mass is 9.97. The van der Waals surface area contributed by atoms with Crippen molar-refractivity contribution in [2.75, 3.05) is 5.32 Å². The number of fused-ring (bicyclic) bond motifs is 1. The quantitative estimate of drug-likeness (QED) is 0.761. The van der Waals surface area contributed by atoms with Crippen LogP contribution in [0.25, 0.3) is 11.0 Å². The molecule has 0 saturated heterocycles. The van der Waals surface area contributed by atoms with Gasteiger partial charge in [-0.2, -0.15) is 5.10 Å². The summed E-state index contributed by atoms with van der Waals surface area (Å²) < 4.78 is 2.67. The van der Waals surface area contributed by atoms with Crippen molar-refractivity contribution in [2.45, 2.75) is 27.3 Å². The number of nitrogens with one attached hydrogen (secondary N) is 2. The fourth-order valence-corrected chi connectivity index (χ4v) is 2.55. The van der Waals surface area contributed by atoms with Crippen LogP contribution in [0.2, 0.25) is 0 Å². The van der Waals surface area contributed by atoms with Crippen LogP contribution in [0, 0.1) is 5.41 Å². The summed E-state index contributed by atoms with van der Waals surface area (Å²) in [6, 6.07) is 3.55. The molecule has 24 heavy (non-hydrogen) atoms. The summed E-state index contributed by atoms with van der Waals surface area (Å²) in [6.07, 6.45) is 3.29. The first-order valence-electron chi connectivity index (χ1n) is 7.63. The number of rotatable bonds is 3. The molecule has 0 saturated carbocycles. The zero-order chi connectivity index (χ0) is 17.5. The van der Waals surface area contributed by atoms with E-state index in [9.17, 15) is 9.59 Å². The van der Waals surface area contributed by atoms with Gasteiger partial charge in [0.2, 0.25) is 0 Å². The van der Waals surface area contributed by atoms with Gasteiger partial charge in [0.15, 0.2) is 5.82 Å². The molecule has 0 radical (unpaired) electrons. The van der Waals surface area contributed by atoms with Gasteiger partial charge in [-0.1, -0.05) is 20.8 Å². The van der Waals surface area contributed by atoms with Crippen LogP contribution in [-0.2, 0) is 13.6 Å². The summed E-state index contributed by atoms with van der Waals surface area (Å²) in [6.45, 7) is 6.56. The lowest BCUT2D eigenvalue weighted by Crippen LogP contribution is -2.40. The van der Waals surface area contributed by atoms with Crippen molar-refractivity contribution in [2.24, 2.45) is 12.5 Å². The molecule has 0 fully saturated rings. The highest BCUT2D eigenvalue weighted by molar-refractivity contribution is 5.88. The fraction of sp³-hybridized carbons (Fsp3) is 0.375. The van der Waals surface area contributed by atoms with Crippen LogP contribution in [0.5, 0.6) is 0 Å². The first kappa shape index (κ1) is 16.0. The molecule has 0 amide bonds. The normalized spacial score (nSPS) is 11.8. The number of hydrogen-bond donors (Lipinski definition) is 2. The Morgan fingerprint density at radius 1 is 1.21 bits per heavy atom. The van der Waals surface area contributed by atoms with Gasteiger partial charge < -0.3 is 5.32 Å². The number of H-pyrrole nitrogens is 1. The van der Waals surface area contributed by atoms with Gasteiger partial charge in [0.05, 0.1) is 0 Å². The zero-order valence-electron chi connectivity index (χ0n) is 14.1. The first-order valence-corrected chi connectivity index (χ1v) is 7.63. The van der Waals surface area contributed by atoms with Gasteiger partial charge in [0.1, 0.15) is 11.0 Å². The maximum Gasteiger partial charge on any atom is 0.332 e. The van der Waals surface area contributed by atoms with E-state index in [0.717, 1.165) is 10.3 Å². The van der Waals surface area contributed by atoms with Crippen LogP contribution < -0.4 is 16.6 Å². The molecule has 0 spiro atoms. The molecular formula is C16H20N6O2. The molecule has 3 heterocycles. The second-order valence-electron chi connectivity index (χ2n) is 6.95. The van der Waals surface area contributed by atoms with Crippen LogP contribution in [-0.4, -0.2) is 24.3 Å². The van der Waals surface area contributed by atoms with Gasteiger partial charge in [-0.05, 0) is 17.5 Å². The fourth-order valence-electron chi connectivity index (χ4n) is 2.55. The molecule has 2 N–H and O–H groups in total. The molecule has 8 nitrogen and oxygen atoms in total. The van der Waals surface area contributed by atoms with E-state index in [1.54, 1.807) is 29.1 Å². The van der Waals surface area contributed by atoms with Gasteiger partial charge in [0, 0.05) is 31.7 Å². The topological polar surface area (TPSA) is 97.6 Å². The van der Waals surface area contributed by atoms with Crippen molar-refractivity contribution in [1.29, 1.82) is 0 Å². The third-order valence-corrected chi connectivity index (χ3v) is 3.63. The Kier molecular flexibility index (Phi) is 3.75. The number of aromatic amines is 1. The average Bonchev–Trinajstić information content (AvgIpc) is 2.93. The molecule has 3 rings (SSSR count). The summed E-state index contributed by atoms with van der Waals surface area (Å²) in [4.78, 5) is 29.0. The highest BCUT2D eigenvalue weighted by Gasteiger charge is 2.21. The number of pyridine rings is 1. The van der Waals surface area contributed by atoms with E-state index in [2.05, 4.69) is 20.5 Å². The van der Waals surface area contributed by atoms with Crippen molar-refractivity contribution in [3.63, 3.8) is 0 Å². The Morgan fingerprint density at radius 2 is 1.88 bits per heavy atom. The second kappa shape index (κ2) is 5.63. The van der Waals surface area contributed by atoms with Crippen LogP contribution in [0.4, 0.5) is 11.5 Å². The Bertz CT molecular complexity index is 992. The average molecular weight is 328 g/mol. The van der Waals surface area contributed by atoms with Gasteiger partial charge in [-0.15, -0.1) is 0 Å². The molecule has 0 unspecified atom stereocenters. The Morgan fingerprint density at radius 3 is 2.50 bits per heavy atom. The molecular weight excluding hydrogens is 308 g/mol. The van der Waals surface area contributed by atoms with Crippen molar-refractivity contribution in [3.8, 4) is 0 Å². The van der Waals surface area contributed by atoms with Crippen LogP contribution in [0.1, 0.15) is 20.8 Å².